The van der Waals surface area contributed by atoms with E-state index < -0.39 is 10.8 Å². The molecule has 3 unspecified atom stereocenters. The first kappa shape index (κ1) is 37.1. The summed E-state index contributed by atoms with van der Waals surface area (Å²) in [6.07, 6.45) is 5.74. The summed E-state index contributed by atoms with van der Waals surface area (Å²) < 4.78 is 0. The fraction of sp³-hybridized carbons (Fsp3) is 0.0645. The highest BCUT2D eigenvalue weighted by Gasteiger charge is 2.57. The van der Waals surface area contributed by atoms with Crippen molar-refractivity contribution in [2.45, 2.75) is 23.3 Å². The number of fused-ring (bicyclic) bond motifs is 5. The number of anilines is 2. The third-order valence-corrected chi connectivity index (χ3v) is 13.9. The molecule has 0 spiro atoms. The number of hydrogen-bond donors (Lipinski definition) is 0. The van der Waals surface area contributed by atoms with Gasteiger partial charge in [0.25, 0.3) is 0 Å². The Bertz CT molecular complexity index is 3170. The first-order valence-corrected chi connectivity index (χ1v) is 22.2. The average molecular weight is 804 g/mol. The van der Waals surface area contributed by atoms with Crippen LogP contribution < -0.4 is 4.90 Å². The molecule has 0 heterocycles. The molecule has 0 saturated heterocycles. The zero-order valence-corrected chi connectivity index (χ0v) is 35.0. The number of hydrogen-bond acceptors (Lipinski definition) is 1. The normalized spacial score (nSPS) is 19.2. The molecule has 9 aromatic carbocycles. The number of rotatable bonds is 8. The lowest BCUT2D eigenvalue weighted by Crippen LogP contribution is -2.44. The number of allylic oxidation sites excluding steroid dienone is 2. The van der Waals surface area contributed by atoms with Gasteiger partial charge in [0.15, 0.2) is 0 Å². The molecule has 0 amide bonds. The van der Waals surface area contributed by atoms with Crippen molar-refractivity contribution in [3.05, 3.63) is 310 Å². The highest BCUT2D eigenvalue weighted by Crippen LogP contribution is 2.65. The van der Waals surface area contributed by atoms with Crippen molar-refractivity contribution >= 4 is 22.5 Å². The zero-order valence-electron chi connectivity index (χ0n) is 35.0. The molecule has 0 radical (unpaired) electrons. The van der Waals surface area contributed by atoms with E-state index >= 15 is 0 Å². The maximum absolute atomic E-state index is 2.55. The molecule has 298 valence electrons. The van der Waals surface area contributed by atoms with Crippen molar-refractivity contribution in [2.24, 2.45) is 0 Å². The van der Waals surface area contributed by atoms with Crippen molar-refractivity contribution in [3.8, 4) is 11.1 Å². The summed E-state index contributed by atoms with van der Waals surface area (Å²) in [4.78, 5) is 2.55. The van der Waals surface area contributed by atoms with Gasteiger partial charge in [-0.3, -0.25) is 0 Å². The third-order valence-electron chi connectivity index (χ3n) is 13.9. The molecule has 0 aliphatic heterocycles. The van der Waals surface area contributed by atoms with E-state index in [1.54, 1.807) is 0 Å². The summed E-state index contributed by atoms with van der Waals surface area (Å²) in [5, 5.41) is 0. The average Bonchev–Trinajstić information content (AvgIpc) is 3.68. The summed E-state index contributed by atoms with van der Waals surface area (Å²) in [5.74, 6) is 0. The van der Waals surface area contributed by atoms with Gasteiger partial charge in [0, 0.05) is 11.4 Å². The predicted molar refractivity (Wildman–Crippen MR) is 261 cm³/mol. The fourth-order valence-corrected chi connectivity index (χ4v) is 11.5. The summed E-state index contributed by atoms with van der Waals surface area (Å²) >= 11 is 0. The zero-order chi connectivity index (χ0) is 41.8. The summed E-state index contributed by atoms with van der Waals surface area (Å²) in [5.41, 5.74) is 19.5. The maximum Gasteiger partial charge on any atom is 0.0720 e. The molecule has 12 rings (SSSR count). The maximum atomic E-state index is 2.55. The molecule has 3 atom stereocenters. The Kier molecular flexibility index (Phi) is 8.83. The second kappa shape index (κ2) is 15.0. The quantitative estimate of drug-likeness (QED) is 0.148. The summed E-state index contributed by atoms with van der Waals surface area (Å²) in [6, 6.07) is 90.3. The highest BCUT2D eigenvalue weighted by molar-refractivity contribution is 5.92. The highest BCUT2D eigenvalue weighted by atomic mass is 15.2. The SMILES string of the molecule is C1=C(c2ccccc2)C=C(c2ccccc2)CC1N(c1ccccc1)c1ccc(C2(c3ccccc3)c3ccccc3C3(c4ccccc4)c4ccccc4-c4cccc2c43)cc1. The van der Waals surface area contributed by atoms with Crippen LogP contribution in [0.3, 0.4) is 0 Å². The minimum absolute atomic E-state index is 0.0644. The van der Waals surface area contributed by atoms with E-state index in [0.29, 0.717) is 0 Å². The van der Waals surface area contributed by atoms with E-state index in [9.17, 15) is 0 Å². The lowest BCUT2D eigenvalue weighted by molar-refractivity contribution is 0.626. The topological polar surface area (TPSA) is 3.24 Å². The first-order chi connectivity index (χ1) is 31.3. The van der Waals surface area contributed by atoms with Gasteiger partial charge in [0.1, 0.15) is 0 Å². The van der Waals surface area contributed by atoms with Crippen LogP contribution in [0.1, 0.15) is 62.1 Å². The first-order valence-electron chi connectivity index (χ1n) is 22.2. The van der Waals surface area contributed by atoms with Crippen molar-refractivity contribution in [3.63, 3.8) is 0 Å². The standard InChI is InChI=1S/C62H45N/c1-6-21-44(22-7-1)46-41-47(45-23-8-2-9-24-45)43-53(42-46)63(51-29-14-5-15-30-51)52-39-37-50(38-40-52)61(48-25-10-3-11-26-48)57-34-18-19-35-58(57)62(49-27-12-4-13-28-49)56-33-17-16-31-54(56)55-32-20-36-59(61)60(55)62/h1-42,53H,43H2. The molecule has 1 heteroatoms. The van der Waals surface area contributed by atoms with Crippen LogP contribution in [0.4, 0.5) is 11.4 Å². The molecule has 0 bridgehead atoms. The van der Waals surface area contributed by atoms with Gasteiger partial charge in [0.05, 0.1) is 16.9 Å². The van der Waals surface area contributed by atoms with Gasteiger partial charge in [-0.25, -0.2) is 0 Å². The largest absolute Gasteiger partial charge is 0.334 e. The molecule has 3 aliphatic carbocycles. The minimum atomic E-state index is -0.603. The smallest absolute Gasteiger partial charge is 0.0720 e. The Labute approximate surface area is 370 Å². The molecular formula is C62H45N. The molecule has 63 heavy (non-hydrogen) atoms. The van der Waals surface area contributed by atoms with Crippen LogP contribution in [-0.2, 0) is 10.8 Å². The van der Waals surface area contributed by atoms with E-state index in [1.165, 1.54) is 83.6 Å². The lowest BCUT2D eigenvalue weighted by atomic mass is 9.52. The van der Waals surface area contributed by atoms with E-state index in [4.69, 9.17) is 0 Å². The van der Waals surface area contributed by atoms with Crippen LogP contribution in [-0.4, -0.2) is 6.04 Å². The van der Waals surface area contributed by atoms with Crippen LogP contribution in [0.15, 0.2) is 255 Å². The Morgan fingerprint density at radius 3 is 1.46 bits per heavy atom. The van der Waals surface area contributed by atoms with Crippen LogP contribution >= 0.6 is 0 Å². The van der Waals surface area contributed by atoms with Gasteiger partial charge in [-0.15, -0.1) is 0 Å². The molecule has 1 nitrogen and oxygen atoms in total. The van der Waals surface area contributed by atoms with Crippen molar-refractivity contribution in [1.29, 1.82) is 0 Å². The van der Waals surface area contributed by atoms with E-state index in [2.05, 4.69) is 260 Å². The van der Waals surface area contributed by atoms with Gasteiger partial charge < -0.3 is 4.90 Å². The molecule has 0 fully saturated rings. The van der Waals surface area contributed by atoms with E-state index in [1.807, 2.05) is 0 Å². The van der Waals surface area contributed by atoms with E-state index in [0.717, 1.165) is 12.1 Å². The molecular weight excluding hydrogens is 759 g/mol. The Balaban J connectivity index is 1.08. The van der Waals surface area contributed by atoms with E-state index in [-0.39, 0.29) is 6.04 Å². The number of benzene rings is 9. The number of nitrogens with zero attached hydrogens (tertiary/aromatic N) is 1. The molecule has 0 N–H and O–H groups in total. The van der Waals surface area contributed by atoms with Gasteiger partial charge >= 0.3 is 0 Å². The van der Waals surface area contributed by atoms with Crippen molar-refractivity contribution < 1.29 is 0 Å². The van der Waals surface area contributed by atoms with Gasteiger partial charge in [-0.2, -0.15) is 0 Å². The Hall–Kier alpha value is -7.74. The second-order valence-electron chi connectivity index (χ2n) is 17.1. The predicted octanol–water partition coefficient (Wildman–Crippen LogP) is 14.8. The fourth-order valence-electron chi connectivity index (χ4n) is 11.5. The van der Waals surface area contributed by atoms with Crippen LogP contribution in [0.25, 0.3) is 22.3 Å². The van der Waals surface area contributed by atoms with Crippen molar-refractivity contribution in [2.75, 3.05) is 4.90 Å². The van der Waals surface area contributed by atoms with Crippen LogP contribution in [0, 0.1) is 0 Å². The van der Waals surface area contributed by atoms with Gasteiger partial charge in [-0.1, -0.05) is 231 Å². The molecule has 3 aliphatic rings. The summed E-state index contributed by atoms with van der Waals surface area (Å²) in [7, 11) is 0. The molecule has 0 saturated carbocycles. The molecule has 9 aromatic rings. The monoisotopic (exact) mass is 803 g/mol. The lowest BCUT2D eigenvalue weighted by Gasteiger charge is -2.49. The number of para-hydroxylation sites is 1. The summed E-state index contributed by atoms with van der Waals surface area (Å²) in [6.45, 7) is 0. The minimum Gasteiger partial charge on any atom is -0.334 e. The van der Waals surface area contributed by atoms with Crippen LogP contribution in [0.2, 0.25) is 0 Å². The van der Waals surface area contributed by atoms with Gasteiger partial charge in [-0.05, 0) is 109 Å². The Morgan fingerprint density at radius 1 is 0.349 bits per heavy atom. The van der Waals surface area contributed by atoms with Gasteiger partial charge in [0.2, 0.25) is 0 Å². The Morgan fingerprint density at radius 2 is 0.810 bits per heavy atom. The third kappa shape index (κ3) is 5.63. The second-order valence-corrected chi connectivity index (χ2v) is 17.1. The molecule has 0 aromatic heterocycles. The van der Waals surface area contributed by atoms with Crippen LogP contribution in [0.5, 0.6) is 0 Å². The van der Waals surface area contributed by atoms with Crippen molar-refractivity contribution in [1.82, 2.24) is 0 Å².